The van der Waals surface area contributed by atoms with Crippen LogP contribution in [0.5, 0.6) is 5.75 Å². The van der Waals surface area contributed by atoms with E-state index >= 15 is 0 Å². The molecule has 0 spiro atoms. The highest BCUT2D eigenvalue weighted by Gasteiger charge is 2.33. The van der Waals surface area contributed by atoms with E-state index in [0.717, 1.165) is 24.1 Å². The number of likely N-dealkylation sites (tertiary alicyclic amines) is 1. The Labute approximate surface area is 145 Å². The molecule has 25 heavy (non-hydrogen) atoms. The topological polar surface area (TPSA) is 84.7 Å². The Bertz CT molecular complexity index is 799. The Morgan fingerprint density at radius 3 is 2.80 bits per heavy atom. The molecule has 1 aromatic carbocycles. The number of carboxylic acids is 1. The van der Waals surface area contributed by atoms with Gasteiger partial charge in [0.2, 0.25) is 0 Å². The van der Waals surface area contributed by atoms with Crippen LogP contribution in [0, 0.1) is 6.92 Å². The van der Waals surface area contributed by atoms with Crippen LogP contribution in [-0.2, 0) is 4.79 Å². The standard InChI is InChI=1S/C18H21N3O4/c1-12-6-7-16(25-2)15(11-12)21-10-8-13(19-21)17(22)20-9-4-3-5-14(20)18(23)24/h6-8,10-11,14H,3-5,9H2,1-2H3,(H,23,24)/t14-/m1/s1. The van der Waals surface area contributed by atoms with Crippen molar-refractivity contribution in [2.24, 2.45) is 0 Å². The number of aromatic nitrogens is 2. The number of methoxy groups -OCH3 is 1. The Morgan fingerprint density at radius 1 is 1.28 bits per heavy atom. The van der Waals surface area contributed by atoms with E-state index in [2.05, 4.69) is 5.10 Å². The summed E-state index contributed by atoms with van der Waals surface area (Å²) < 4.78 is 6.94. The average molecular weight is 343 g/mol. The molecule has 132 valence electrons. The molecule has 2 heterocycles. The number of amides is 1. The number of ether oxygens (including phenoxy) is 1. The second-order valence-corrected chi connectivity index (χ2v) is 6.17. The zero-order chi connectivity index (χ0) is 18.0. The summed E-state index contributed by atoms with van der Waals surface area (Å²) in [5.74, 6) is -0.667. The second kappa shape index (κ2) is 6.96. The molecule has 1 fully saturated rings. The number of hydrogen-bond donors (Lipinski definition) is 1. The van der Waals surface area contributed by atoms with Crippen LogP contribution in [0.4, 0.5) is 0 Å². The van der Waals surface area contributed by atoms with E-state index in [4.69, 9.17) is 4.74 Å². The number of piperidine rings is 1. The molecule has 1 N–H and O–H groups in total. The summed E-state index contributed by atoms with van der Waals surface area (Å²) in [5.41, 5.74) is 2.01. The van der Waals surface area contributed by atoms with Crippen molar-refractivity contribution < 1.29 is 19.4 Å². The maximum absolute atomic E-state index is 12.7. The van der Waals surface area contributed by atoms with Gasteiger partial charge in [-0.2, -0.15) is 5.10 Å². The highest BCUT2D eigenvalue weighted by Crippen LogP contribution is 2.24. The molecule has 0 saturated carbocycles. The Kier molecular flexibility index (Phi) is 4.74. The minimum atomic E-state index is -0.965. The molecule has 0 radical (unpaired) electrons. The summed E-state index contributed by atoms with van der Waals surface area (Å²) in [6.07, 6.45) is 3.79. The van der Waals surface area contributed by atoms with Crippen LogP contribution in [-0.4, -0.2) is 51.4 Å². The molecule has 1 aliphatic rings. The number of carbonyl (C=O) groups excluding carboxylic acids is 1. The zero-order valence-electron chi connectivity index (χ0n) is 14.3. The zero-order valence-corrected chi connectivity index (χ0v) is 14.3. The molecular weight excluding hydrogens is 322 g/mol. The molecule has 7 heteroatoms. The molecule has 0 bridgehead atoms. The fraction of sp³-hybridized carbons (Fsp3) is 0.389. The Balaban J connectivity index is 1.89. The fourth-order valence-corrected chi connectivity index (χ4v) is 3.13. The van der Waals surface area contributed by atoms with Crippen LogP contribution in [0.1, 0.15) is 35.3 Å². The highest BCUT2D eigenvalue weighted by molar-refractivity contribution is 5.95. The smallest absolute Gasteiger partial charge is 0.326 e. The first-order chi connectivity index (χ1) is 12.0. The summed E-state index contributed by atoms with van der Waals surface area (Å²) in [5, 5.41) is 13.7. The van der Waals surface area contributed by atoms with E-state index in [0.29, 0.717) is 18.7 Å². The number of hydrogen-bond acceptors (Lipinski definition) is 4. The van der Waals surface area contributed by atoms with Crippen LogP contribution in [0.2, 0.25) is 0 Å². The van der Waals surface area contributed by atoms with Crippen LogP contribution in [0.15, 0.2) is 30.5 Å². The number of rotatable bonds is 4. The first kappa shape index (κ1) is 17.0. The van der Waals surface area contributed by atoms with Gasteiger partial charge in [-0.3, -0.25) is 4.79 Å². The first-order valence-corrected chi connectivity index (χ1v) is 8.25. The molecule has 0 unspecified atom stereocenters. The predicted molar refractivity (Wildman–Crippen MR) is 91.2 cm³/mol. The van der Waals surface area contributed by atoms with E-state index in [9.17, 15) is 14.7 Å². The molecular formula is C18H21N3O4. The quantitative estimate of drug-likeness (QED) is 0.920. The first-order valence-electron chi connectivity index (χ1n) is 8.25. The summed E-state index contributed by atoms with van der Waals surface area (Å²) in [6, 6.07) is 6.53. The van der Waals surface area contributed by atoms with Crippen molar-refractivity contribution in [3.05, 3.63) is 41.7 Å². The maximum atomic E-state index is 12.7. The number of aliphatic carboxylic acids is 1. The van der Waals surface area contributed by atoms with Gasteiger partial charge in [-0.1, -0.05) is 6.07 Å². The van der Waals surface area contributed by atoms with Crippen LogP contribution < -0.4 is 4.74 Å². The molecule has 7 nitrogen and oxygen atoms in total. The van der Waals surface area contributed by atoms with E-state index in [1.165, 1.54) is 4.90 Å². The lowest BCUT2D eigenvalue weighted by Crippen LogP contribution is -2.48. The highest BCUT2D eigenvalue weighted by atomic mass is 16.5. The summed E-state index contributed by atoms with van der Waals surface area (Å²) >= 11 is 0. The SMILES string of the molecule is COc1ccc(C)cc1-n1ccc(C(=O)N2CCCC[C@@H]2C(=O)O)n1. The van der Waals surface area contributed by atoms with Crippen molar-refractivity contribution in [1.29, 1.82) is 0 Å². The third-order valence-electron chi connectivity index (χ3n) is 4.44. The molecule has 1 aromatic heterocycles. The molecule has 0 aliphatic carbocycles. The lowest BCUT2D eigenvalue weighted by molar-refractivity contribution is -0.143. The minimum absolute atomic E-state index is 0.233. The number of carboxylic acid groups (broad SMARTS) is 1. The van der Waals surface area contributed by atoms with Gasteiger partial charge < -0.3 is 14.7 Å². The van der Waals surface area contributed by atoms with Gasteiger partial charge in [-0.05, 0) is 49.9 Å². The van der Waals surface area contributed by atoms with Gasteiger partial charge in [0, 0.05) is 12.7 Å². The summed E-state index contributed by atoms with van der Waals surface area (Å²) in [7, 11) is 1.58. The van der Waals surface area contributed by atoms with Gasteiger partial charge >= 0.3 is 5.97 Å². The molecule has 1 aliphatic heterocycles. The molecule has 1 atom stereocenters. The van der Waals surface area contributed by atoms with Crippen molar-refractivity contribution in [2.75, 3.05) is 13.7 Å². The van der Waals surface area contributed by atoms with Crippen molar-refractivity contribution in [3.8, 4) is 11.4 Å². The Morgan fingerprint density at radius 2 is 2.08 bits per heavy atom. The van der Waals surface area contributed by atoms with Gasteiger partial charge in [-0.25, -0.2) is 9.48 Å². The van der Waals surface area contributed by atoms with Crippen molar-refractivity contribution in [1.82, 2.24) is 14.7 Å². The predicted octanol–water partition coefficient (Wildman–Crippen LogP) is 2.27. The number of nitrogens with zero attached hydrogens (tertiary/aromatic N) is 3. The minimum Gasteiger partial charge on any atom is -0.494 e. The van der Waals surface area contributed by atoms with Gasteiger partial charge in [0.15, 0.2) is 5.69 Å². The number of carbonyl (C=O) groups is 2. The van der Waals surface area contributed by atoms with Crippen molar-refractivity contribution in [3.63, 3.8) is 0 Å². The molecule has 2 aromatic rings. The third kappa shape index (κ3) is 3.35. The lowest BCUT2D eigenvalue weighted by Gasteiger charge is -2.32. The van der Waals surface area contributed by atoms with Gasteiger partial charge in [0.1, 0.15) is 17.5 Å². The van der Waals surface area contributed by atoms with Crippen LogP contribution in [0.3, 0.4) is 0 Å². The van der Waals surface area contributed by atoms with Gasteiger partial charge in [-0.15, -0.1) is 0 Å². The number of aryl methyl sites for hydroxylation is 1. The van der Waals surface area contributed by atoms with E-state index in [-0.39, 0.29) is 11.6 Å². The maximum Gasteiger partial charge on any atom is 0.326 e. The fourth-order valence-electron chi connectivity index (χ4n) is 3.13. The third-order valence-corrected chi connectivity index (χ3v) is 4.44. The van der Waals surface area contributed by atoms with Crippen molar-refractivity contribution >= 4 is 11.9 Å². The monoisotopic (exact) mass is 343 g/mol. The Hall–Kier alpha value is -2.83. The van der Waals surface area contributed by atoms with E-state index in [1.807, 2.05) is 25.1 Å². The lowest BCUT2D eigenvalue weighted by atomic mass is 10.0. The average Bonchev–Trinajstić information content (AvgIpc) is 3.11. The number of benzene rings is 1. The van der Waals surface area contributed by atoms with Gasteiger partial charge in [0.05, 0.1) is 7.11 Å². The van der Waals surface area contributed by atoms with Crippen LogP contribution in [0.25, 0.3) is 5.69 Å². The van der Waals surface area contributed by atoms with Crippen molar-refractivity contribution in [2.45, 2.75) is 32.2 Å². The summed E-state index contributed by atoms with van der Waals surface area (Å²) in [6.45, 7) is 2.40. The largest absolute Gasteiger partial charge is 0.494 e. The normalized spacial score (nSPS) is 17.4. The molecule has 1 saturated heterocycles. The molecule has 3 rings (SSSR count). The van der Waals surface area contributed by atoms with Gasteiger partial charge in [0.25, 0.3) is 5.91 Å². The van der Waals surface area contributed by atoms with Crippen LogP contribution >= 0.6 is 0 Å². The second-order valence-electron chi connectivity index (χ2n) is 6.17. The molecule has 1 amide bonds. The summed E-state index contributed by atoms with van der Waals surface area (Å²) in [4.78, 5) is 25.6. The van der Waals surface area contributed by atoms with E-state index in [1.54, 1.807) is 24.1 Å². The van der Waals surface area contributed by atoms with E-state index < -0.39 is 12.0 Å².